The Bertz CT molecular complexity index is 444. The Morgan fingerprint density at radius 3 is 2.50 bits per heavy atom. The van der Waals surface area contributed by atoms with Crippen LogP contribution in [-0.2, 0) is 0 Å². The zero-order chi connectivity index (χ0) is 10.2. The number of hydrogen-bond acceptors (Lipinski definition) is 2. The summed E-state index contributed by atoms with van der Waals surface area (Å²) >= 11 is 0. The zero-order valence-electron chi connectivity index (χ0n) is 6.84. The molecule has 0 aliphatic rings. The van der Waals surface area contributed by atoms with Crippen LogP contribution in [0.5, 0.6) is 5.75 Å². The van der Waals surface area contributed by atoms with Crippen molar-refractivity contribution in [1.82, 2.24) is 0 Å². The lowest BCUT2D eigenvalue weighted by Gasteiger charge is -2.07. The predicted molar refractivity (Wildman–Crippen MR) is 42.9 cm³/mol. The van der Waals surface area contributed by atoms with Crippen LogP contribution in [0.2, 0.25) is 0 Å². The summed E-state index contributed by atoms with van der Waals surface area (Å²) in [5.74, 6) is -0.244. The molecule has 2 aromatic rings. The van der Waals surface area contributed by atoms with E-state index in [2.05, 4.69) is 4.74 Å². The smallest absolute Gasteiger partial charge is 0.471 e. The van der Waals surface area contributed by atoms with Crippen molar-refractivity contribution in [2.75, 3.05) is 0 Å². The van der Waals surface area contributed by atoms with Crippen LogP contribution in [0.1, 0.15) is 0 Å². The van der Waals surface area contributed by atoms with Crippen molar-refractivity contribution in [1.29, 1.82) is 0 Å². The highest BCUT2D eigenvalue weighted by molar-refractivity contribution is 5.82. The van der Waals surface area contributed by atoms with Gasteiger partial charge in [0.15, 0.2) is 0 Å². The Morgan fingerprint density at radius 1 is 1.07 bits per heavy atom. The summed E-state index contributed by atoms with van der Waals surface area (Å²) in [5.41, 5.74) is 0. The zero-order valence-corrected chi connectivity index (χ0v) is 6.84. The molecule has 0 aliphatic carbocycles. The second kappa shape index (κ2) is 2.94. The lowest BCUT2D eigenvalue weighted by atomic mass is 10.2. The van der Waals surface area contributed by atoms with E-state index in [0.29, 0.717) is 5.39 Å². The average molecular weight is 202 g/mol. The Morgan fingerprint density at radius 2 is 1.79 bits per heavy atom. The summed E-state index contributed by atoms with van der Waals surface area (Å²) in [6.45, 7) is 0. The third-order valence-electron chi connectivity index (χ3n) is 1.68. The highest BCUT2D eigenvalue weighted by Crippen LogP contribution is 2.26. The topological polar surface area (TPSA) is 22.4 Å². The lowest BCUT2D eigenvalue weighted by molar-refractivity contribution is -0.274. The fraction of sp³-hybridized carbons (Fsp3) is 0.111. The van der Waals surface area contributed by atoms with Gasteiger partial charge in [0.2, 0.25) is 0 Å². The van der Waals surface area contributed by atoms with E-state index in [9.17, 15) is 13.2 Å². The molecule has 0 radical (unpaired) electrons. The van der Waals surface area contributed by atoms with Gasteiger partial charge >= 0.3 is 6.36 Å². The summed E-state index contributed by atoms with van der Waals surface area (Å²) < 4.78 is 44.0. The van der Waals surface area contributed by atoms with Crippen LogP contribution in [0.4, 0.5) is 13.2 Å². The first-order chi connectivity index (χ1) is 6.54. The van der Waals surface area contributed by atoms with Gasteiger partial charge in [-0.1, -0.05) is 0 Å². The molecule has 14 heavy (non-hydrogen) atoms. The Kier molecular flexibility index (Phi) is 1.87. The van der Waals surface area contributed by atoms with Crippen LogP contribution in [0.15, 0.2) is 35.1 Å². The molecule has 2 rings (SSSR count). The number of alkyl halides is 3. The first-order valence-corrected chi connectivity index (χ1v) is 3.76. The van der Waals surface area contributed by atoms with Crippen molar-refractivity contribution in [3.8, 4) is 5.75 Å². The normalized spacial score (nSPS) is 11.9. The van der Waals surface area contributed by atoms with Gasteiger partial charge in [0.1, 0.15) is 5.75 Å². The molecule has 0 bridgehead atoms. The summed E-state index contributed by atoms with van der Waals surface area (Å²) in [4.78, 5) is 0. The van der Waals surface area contributed by atoms with Crippen LogP contribution in [0, 0.1) is 0 Å². The highest BCUT2D eigenvalue weighted by Gasteiger charge is 2.31. The number of hydrogen-bond donors (Lipinski definition) is 0. The van der Waals surface area contributed by atoms with Crippen molar-refractivity contribution in [2.45, 2.75) is 6.36 Å². The maximum absolute atomic E-state index is 11.8. The van der Waals surface area contributed by atoms with Gasteiger partial charge in [-0.15, -0.1) is 13.2 Å². The molecule has 0 amide bonds. The van der Waals surface area contributed by atoms with Gasteiger partial charge in [0.25, 0.3) is 0 Å². The van der Waals surface area contributed by atoms with Crippen LogP contribution >= 0.6 is 0 Å². The van der Waals surface area contributed by atoms with Crippen molar-refractivity contribution in [3.05, 3.63) is 30.7 Å². The molecule has 1 aromatic carbocycles. The Hall–Kier alpha value is -1.65. The summed E-state index contributed by atoms with van der Waals surface area (Å²) in [6.07, 6.45) is -1.84. The van der Waals surface area contributed by atoms with Gasteiger partial charge in [-0.25, -0.2) is 0 Å². The molecule has 0 saturated heterocycles. The van der Waals surface area contributed by atoms with E-state index in [1.165, 1.54) is 30.7 Å². The summed E-state index contributed by atoms with van der Waals surface area (Å²) in [5, 5.41) is 1.31. The highest BCUT2D eigenvalue weighted by atomic mass is 19.4. The minimum absolute atomic E-state index is 0.244. The van der Waals surface area contributed by atoms with Gasteiger partial charge in [-0.3, -0.25) is 0 Å². The van der Waals surface area contributed by atoms with Crippen molar-refractivity contribution in [2.24, 2.45) is 0 Å². The largest absolute Gasteiger partial charge is 0.573 e. The van der Waals surface area contributed by atoms with Crippen molar-refractivity contribution < 1.29 is 22.3 Å². The molecule has 0 N–H and O–H groups in total. The van der Waals surface area contributed by atoms with E-state index >= 15 is 0 Å². The molecule has 2 nitrogen and oxygen atoms in total. The molecule has 0 fully saturated rings. The maximum Gasteiger partial charge on any atom is 0.573 e. The van der Waals surface area contributed by atoms with Crippen LogP contribution in [-0.4, -0.2) is 6.36 Å². The number of fused-ring (bicyclic) bond motifs is 1. The molecule has 0 spiro atoms. The standard InChI is InChI=1S/C9H5F3O2/c10-9(11,12)14-8-2-1-6-4-13-5-7(6)3-8/h1-5H. The molecule has 0 atom stereocenters. The summed E-state index contributed by atoms with van der Waals surface area (Å²) in [6, 6.07) is 4.01. The van der Waals surface area contributed by atoms with Gasteiger partial charge in [0, 0.05) is 10.8 Å². The molecule has 0 saturated carbocycles. The second-order valence-corrected chi connectivity index (χ2v) is 2.71. The number of benzene rings is 1. The monoisotopic (exact) mass is 202 g/mol. The third-order valence-corrected chi connectivity index (χ3v) is 1.68. The summed E-state index contributed by atoms with van der Waals surface area (Å²) in [7, 11) is 0. The first kappa shape index (κ1) is 8.93. The average Bonchev–Trinajstić information content (AvgIpc) is 2.47. The number of ether oxygens (including phenoxy) is 1. The minimum atomic E-state index is -4.66. The van der Waals surface area contributed by atoms with E-state index in [1.54, 1.807) is 0 Å². The molecular weight excluding hydrogens is 197 g/mol. The quantitative estimate of drug-likeness (QED) is 0.707. The van der Waals surface area contributed by atoms with Crippen molar-refractivity contribution >= 4 is 10.8 Å². The van der Waals surface area contributed by atoms with E-state index in [-0.39, 0.29) is 5.75 Å². The molecule has 1 aromatic heterocycles. The van der Waals surface area contributed by atoms with Gasteiger partial charge in [0.05, 0.1) is 12.5 Å². The van der Waals surface area contributed by atoms with Gasteiger partial charge < -0.3 is 9.15 Å². The number of halogens is 3. The van der Waals surface area contributed by atoms with E-state index < -0.39 is 6.36 Å². The second-order valence-electron chi connectivity index (χ2n) is 2.71. The maximum atomic E-state index is 11.8. The fourth-order valence-electron chi connectivity index (χ4n) is 1.14. The van der Waals surface area contributed by atoms with Gasteiger partial charge in [-0.2, -0.15) is 0 Å². The molecular formula is C9H5F3O2. The third kappa shape index (κ3) is 1.81. The van der Waals surface area contributed by atoms with Crippen LogP contribution in [0.25, 0.3) is 10.8 Å². The minimum Gasteiger partial charge on any atom is -0.471 e. The van der Waals surface area contributed by atoms with E-state index in [0.717, 1.165) is 5.39 Å². The predicted octanol–water partition coefficient (Wildman–Crippen LogP) is 3.33. The van der Waals surface area contributed by atoms with Crippen LogP contribution in [0.3, 0.4) is 0 Å². The molecule has 1 heterocycles. The number of furan rings is 1. The first-order valence-electron chi connectivity index (χ1n) is 3.76. The van der Waals surface area contributed by atoms with E-state index in [4.69, 9.17) is 4.42 Å². The molecule has 0 unspecified atom stereocenters. The van der Waals surface area contributed by atoms with E-state index in [1.807, 2.05) is 0 Å². The van der Waals surface area contributed by atoms with Crippen LogP contribution < -0.4 is 4.74 Å². The van der Waals surface area contributed by atoms with Gasteiger partial charge in [-0.05, 0) is 18.2 Å². The Balaban J connectivity index is 2.35. The molecule has 74 valence electrons. The van der Waals surface area contributed by atoms with Crippen molar-refractivity contribution in [3.63, 3.8) is 0 Å². The fourth-order valence-corrected chi connectivity index (χ4v) is 1.14. The molecule has 0 aliphatic heterocycles. The Labute approximate surface area is 76.9 Å². The number of rotatable bonds is 1. The SMILES string of the molecule is FC(F)(F)Oc1ccc2cocc2c1. The molecule has 5 heteroatoms. The lowest BCUT2D eigenvalue weighted by Crippen LogP contribution is -2.16.